The van der Waals surface area contributed by atoms with Crippen LogP contribution in [0.1, 0.15) is 0 Å². The summed E-state index contributed by atoms with van der Waals surface area (Å²) < 4.78 is 27.1. The lowest BCUT2D eigenvalue weighted by atomic mass is 9.29. The summed E-state index contributed by atoms with van der Waals surface area (Å²) in [4.78, 5) is 11.9. The second-order valence-corrected chi connectivity index (χ2v) is 22.2. The Kier molecular flexibility index (Phi) is 10.1. The molecule has 0 spiro atoms. The van der Waals surface area contributed by atoms with Gasteiger partial charge in [0.15, 0.2) is 0 Å². The molecular formula is C70H50B3N5O4. The minimum atomic E-state index is -0.154. The van der Waals surface area contributed by atoms with E-state index in [4.69, 9.17) is 18.9 Å². The number of rotatable bonds is 7. The van der Waals surface area contributed by atoms with Gasteiger partial charge in [0.25, 0.3) is 20.1 Å². The summed E-state index contributed by atoms with van der Waals surface area (Å²) in [6, 6.07) is 81.6. The van der Waals surface area contributed by atoms with E-state index in [9.17, 15) is 0 Å². The summed E-state index contributed by atoms with van der Waals surface area (Å²) in [5.74, 6) is 6.26. The van der Waals surface area contributed by atoms with Crippen molar-refractivity contribution in [1.82, 2.24) is 0 Å². The van der Waals surface area contributed by atoms with Crippen LogP contribution in [-0.2, 0) is 0 Å². The Hall–Kier alpha value is -10.2. The average molecular weight is 1060 g/mol. The Labute approximate surface area is 477 Å². The highest BCUT2D eigenvalue weighted by Gasteiger charge is 2.49. The first-order valence-electron chi connectivity index (χ1n) is 28.1. The molecule has 0 atom stereocenters. The molecule has 82 heavy (non-hydrogen) atoms. The highest BCUT2D eigenvalue weighted by molar-refractivity contribution is 7.04. The zero-order valence-corrected chi connectivity index (χ0v) is 45.5. The molecule has 0 fully saturated rings. The van der Waals surface area contributed by atoms with E-state index in [0.717, 1.165) is 119 Å². The highest BCUT2D eigenvalue weighted by Crippen LogP contribution is 2.47. The predicted molar refractivity (Wildman–Crippen MR) is 339 cm³/mol. The zero-order chi connectivity index (χ0) is 54.5. The molecule has 0 radical (unpaired) electrons. The van der Waals surface area contributed by atoms with Crippen molar-refractivity contribution >= 4 is 132 Å². The highest BCUT2D eigenvalue weighted by atomic mass is 16.5. The van der Waals surface area contributed by atoms with Crippen molar-refractivity contribution in [2.45, 2.75) is 0 Å². The van der Waals surface area contributed by atoms with Gasteiger partial charge in [-0.05, 0) is 122 Å². The van der Waals surface area contributed by atoms with Crippen molar-refractivity contribution in [2.24, 2.45) is 0 Å². The van der Waals surface area contributed by atoms with E-state index in [2.05, 4.69) is 192 Å². The number of hydrogen-bond donors (Lipinski definition) is 0. The number of benzene rings is 11. The van der Waals surface area contributed by atoms with Gasteiger partial charge in [0.1, 0.15) is 46.0 Å². The molecule has 11 aromatic carbocycles. The van der Waals surface area contributed by atoms with Gasteiger partial charge in [-0.1, -0.05) is 121 Å². The van der Waals surface area contributed by atoms with E-state index in [1.54, 1.807) is 0 Å². The molecule has 11 aromatic rings. The molecule has 6 aliphatic rings. The van der Waals surface area contributed by atoms with Crippen molar-refractivity contribution in [1.29, 1.82) is 0 Å². The van der Waals surface area contributed by atoms with Crippen molar-refractivity contribution in [3.05, 3.63) is 231 Å². The number of anilines is 11. The Morgan fingerprint density at radius 2 is 0.634 bits per heavy atom. The van der Waals surface area contributed by atoms with E-state index < -0.39 is 0 Å². The SMILES string of the molecule is CN1c2cc3c(cc2B2c4ccccc4Oc4cc(Oc5ccccc5)cc1c42)B1c2cc4c(cc2N(C)c2cc(Oc5ccccc5)cc(c21)N3C)N(C)c1cc(Oc2ccccc2)cc2c1B4c1ccccc1N2c1ccccc1. The third kappa shape index (κ3) is 6.84. The maximum absolute atomic E-state index is 6.89. The molecule has 6 aliphatic heterocycles. The Morgan fingerprint density at radius 1 is 0.268 bits per heavy atom. The topological polar surface area (TPSA) is 53.1 Å². The lowest BCUT2D eigenvalue weighted by Crippen LogP contribution is -2.66. The van der Waals surface area contributed by atoms with Crippen LogP contribution >= 0.6 is 0 Å². The van der Waals surface area contributed by atoms with Gasteiger partial charge in [-0.2, -0.15) is 0 Å². The molecule has 17 rings (SSSR count). The van der Waals surface area contributed by atoms with Crippen molar-refractivity contribution < 1.29 is 18.9 Å². The normalized spacial score (nSPS) is 14.0. The van der Waals surface area contributed by atoms with Crippen molar-refractivity contribution in [2.75, 3.05) is 52.7 Å². The maximum Gasteiger partial charge on any atom is 0.256 e. The molecule has 0 amide bonds. The molecule has 12 heteroatoms. The molecule has 0 saturated heterocycles. The fourth-order valence-electron chi connectivity index (χ4n) is 14.2. The van der Waals surface area contributed by atoms with E-state index in [0.29, 0.717) is 0 Å². The minimum Gasteiger partial charge on any atom is -0.458 e. The van der Waals surface area contributed by atoms with Gasteiger partial charge in [0.05, 0.1) is 0 Å². The Morgan fingerprint density at radius 3 is 1.13 bits per heavy atom. The summed E-state index contributed by atoms with van der Waals surface area (Å²) in [6.07, 6.45) is 0. The average Bonchev–Trinajstić information content (AvgIpc) is 1.55. The third-order valence-corrected chi connectivity index (χ3v) is 17.8. The van der Waals surface area contributed by atoms with Crippen LogP contribution in [0.25, 0.3) is 0 Å². The lowest BCUT2D eigenvalue weighted by molar-refractivity contribution is 0.463. The molecule has 0 saturated carbocycles. The molecule has 9 nitrogen and oxygen atoms in total. The number of nitrogens with zero attached hydrogens (tertiary/aromatic N) is 5. The summed E-state index contributed by atoms with van der Waals surface area (Å²) in [5, 5.41) is 0. The Balaban J connectivity index is 0.895. The quantitative estimate of drug-likeness (QED) is 0.145. The van der Waals surface area contributed by atoms with Gasteiger partial charge in [-0.15, -0.1) is 0 Å². The van der Waals surface area contributed by atoms with E-state index >= 15 is 0 Å². The smallest absolute Gasteiger partial charge is 0.256 e. The van der Waals surface area contributed by atoms with Gasteiger partial charge in [0, 0.05) is 127 Å². The van der Waals surface area contributed by atoms with Gasteiger partial charge in [-0.3, -0.25) is 0 Å². The van der Waals surface area contributed by atoms with E-state index in [-0.39, 0.29) is 20.1 Å². The van der Waals surface area contributed by atoms with E-state index in [1.807, 2.05) is 91.0 Å². The molecule has 0 bridgehead atoms. The molecule has 0 aromatic heterocycles. The summed E-state index contributed by atoms with van der Waals surface area (Å²) in [5.41, 5.74) is 23.3. The molecule has 0 aliphatic carbocycles. The first kappa shape index (κ1) is 46.7. The first-order valence-corrected chi connectivity index (χ1v) is 28.1. The third-order valence-electron chi connectivity index (χ3n) is 17.8. The molecule has 6 heterocycles. The number of ether oxygens (including phenoxy) is 4. The largest absolute Gasteiger partial charge is 0.458 e. The standard InChI is InChI=1S/C70H50B3N5O4/c1-74-59-41-57-52(71-50-29-17-19-31-56(50)78(43-21-9-5-10-22-43)65-37-48(35-63(69(65)71)76(57)3)80-45-25-13-7-14-26-45)39-54(59)73-55-40-53-58(42-60(55)75(2)62-34-47(33-61(74)68(62)73)79-44-23-11-6-12-24-44)77(4)64-36-49(81-46-27-15-8-16-28-46)38-67-70(64)72(53)51-30-18-20-32-66(51)82-67/h5-42H,1-4H3. The van der Waals surface area contributed by atoms with Crippen molar-refractivity contribution in [3.8, 4) is 46.0 Å². The summed E-state index contributed by atoms with van der Waals surface area (Å²) >= 11 is 0. The molecular weight excluding hydrogens is 1010 g/mol. The first-order chi connectivity index (χ1) is 40.3. The fraction of sp³-hybridized carbons (Fsp3) is 0.0571. The van der Waals surface area contributed by atoms with Crippen LogP contribution in [0.15, 0.2) is 231 Å². The zero-order valence-electron chi connectivity index (χ0n) is 45.5. The number of hydrogen-bond acceptors (Lipinski definition) is 9. The second kappa shape index (κ2) is 17.7. The van der Waals surface area contributed by atoms with Gasteiger partial charge < -0.3 is 43.4 Å². The van der Waals surface area contributed by atoms with Crippen LogP contribution in [0.3, 0.4) is 0 Å². The van der Waals surface area contributed by atoms with E-state index in [1.165, 1.54) is 38.2 Å². The van der Waals surface area contributed by atoms with Crippen LogP contribution < -0.4 is 92.6 Å². The van der Waals surface area contributed by atoms with Crippen LogP contribution in [0.2, 0.25) is 0 Å². The van der Waals surface area contributed by atoms with Crippen LogP contribution in [0, 0.1) is 0 Å². The maximum atomic E-state index is 6.89. The molecule has 388 valence electrons. The van der Waals surface area contributed by atoms with Gasteiger partial charge >= 0.3 is 0 Å². The van der Waals surface area contributed by atoms with Crippen LogP contribution in [-0.4, -0.2) is 48.3 Å². The van der Waals surface area contributed by atoms with Crippen LogP contribution in [0.5, 0.6) is 46.0 Å². The predicted octanol–water partition coefficient (Wildman–Crippen LogP) is 10.8. The monoisotopic (exact) mass is 1060 g/mol. The fourth-order valence-corrected chi connectivity index (χ4v) is 14.2. The molecule has 0 N–H and O–H groups in total. The number of fused-ring (bicyclic) bond motifs is 12. The van der Waals surface area contributed by atoms with Gasteiger partial charge in [0.2, 0.25) is 0 Å². The Bertz CT molecular complexity index is 4460. The van der Waals surface area contributed by atoms with Gasteiger partial charge in [-0.25, -0.2) is 0 Å². The van der Waals surface area contributed by atoms with Crippen molar-refractivity contribution in [3.63, 3.8) is 0 Å². The summed E-state index contributed by atoms with van der Waals surface area (Å²) in [6.45, 7) is -0.354. The number of para-hydroxylation sites is 6. The second-order valence-electron chi connectivity index (χ2n) is 22.2. The van der Waals surface area contributed by atoms with Crippen LogP contribution in [0.4, 0.5) is 62.6 Å². The minimum absolute atomic E-state index is 0.0939. The lowest BCUT2D eigenvalue weighted by Gasteiger charge is -2.46. The molecule has 0 unspecified atom stereocenters. The summed E-state index contributed by atoms with van der Waals surface area (Å²) in [7, 11) is 8.85.